The molecular weight excluding hydrogens is 325 g/mol. The summed E-state index contributed by atoms with van der Waals surface area (Å²) in [6.07, 6.45) is 2.50. The smallest absolute Gasteiger partial charge is 0.277 e. The Morgan fingerprint density at radius 2 is 2.20 bits per heavy atom. The first-order valence-electron chi connectivity index (χ1n) is 6.50. The summed E-state index contributed by atoms with van der Waals surface area (Å²) in [7, 11) is 0. The standard InChI is InChI=1S/C14H15BrFN3O/c1-14(2)5-6-18(8-14)13(20)11-12(16)19-7-9(15)3-4-10(19)17-11/h3-4,7H,5-6,8H2,1-2H3. The molecule has 1 amide bonds. The number of likely N-dealkylation sites (tertiary alicyclic amines) is 1. The number of amides is 1. The number of aromatic nitrogens is 2. The zero-order valence-corrected chi connectivity index (χ0v) is 12.9. The van der Waals surface area contributed by atoms with Crippen LogP contribution < -0.4 is 0 Å². The van der Waals surface area contributed by atoms with Crippen LogP contribution in [0.1, 0.15) is 30.8 Å². The van der Waals surface area contributed by atoms with Crippen LogP contribution in [0.4, 0.5) is 4.39 Å². The number of rotatable bonds is 1. The molecule has 2 aromatic heterocycles. The van der Waals surface area contributed by atoms with E-state index in [0.717, 1.165) is 10.9 Å². The highest BCUT2D eigenvalue weighted by atomic mass is 79.9. The summed E-state index contributed by atoms with van der Waals surface area (Å²) in [5.41, 5.74) is 0.433. The third-order valence-corrected chi connectivity index (χ3v) is 4.16. The van der Waals surface area contributed by atoms with Gasteiger partial charge in [-0.2, -0.15) is 4.39 Å². The molecule has 0 saturated carbocycles. The minimum absolute atomic E-state index is 0.0916. The first-order valence-corrected chi connectivity index (χ1v) is 7.29. The molecule has 0 N–H and O–H groups in total. The van der Waals surface area contributed by atoms with Gasteiger partial charge in [-0.05, 0) is 39.9 Å². The number of hydrogen-bond acceptors (Lipinski definition) is 2. The fraction of sp³-hybridized carbons (Fsp3) is 0.429. The molecule has 1 aliphatic heterocycles. The van der Waals surface area contributed by atoms with Crippen LogP contribution >= 0.6 is 15.9 Å². The van der Waals surface area contributed by atoms with E-state index in [2.05, 4.69) is 34.8 Å². The molecular formula is C14H15BrFN3O. The third kappa shape index (κ3) is 2.22. The van der Waals surface area contributed by atoms with Crippen molar-refractivity contribution in [2.75, 3.05) is 13.1 Å². The van der Waals surface area contributed by atoms with Crippen LogP contribution in [0.25, 0.3) is 5.65 Å². The van der Waals surface area contributed by atoms with E-state index >= 15 is 0 Å². The predicted molar refractivity (Wildman–Crippen MR) is 77.2 cm³/mol. The molecule has 2 aromatic rings. The second-order valence-electron chi connectivity index (χ2n) is 5.97. The Kier molecular flexibility index (Phi) is 3.08. The number of carbonyl (C=O) groups excluding carboxylic acids is 1. The Bertz CT molecular complexity index is 695. The van der Waals surface area contributed by atoms with Crippen molar-refractivity contribution >= 4 is 27.5 Å². The van der Waals surface area contributed by atoms with Crippen LogP contribution in [0.15, 0.2) is 22.8 Å². The van der Waals surface area contributed by atoms with Crippen molar-refractivity contribution in [3.63, 3.8) is 0 Å². The predicted octanol–water partition coefficient (Wildman–Crippen LogP) is 3.11. The van der Waals surface area contributed by atoms with E-state index in [4.69, 9.17) is 0 Å². The molecule has 3 rings (SSSR count). The lowest BCUT2D eigenvalue weighted by Gasteiger charge is -2.18. The minimum atomic E-state index is -0.601. The van der Waals surface area contributed by atoms with Crippen molar-refractivity contribution in [3.05, 3.63) is 34.4 Å². The number of halogens is 2. The van der Waals surface area contributed by atoms with Crippen LogP contribution in [-0.2, 0) is 0 Å². The molecule has 6 heteroatoms. The van der Waals surface area contributed by atoms with Gasteiger partial charge in [0.1, 0.15) is 5.65 Å². The number of fused-ring (bicyclic) bond motifs is 1. The van der Waals surface area contributed by atoms with Gasteiger partial charge in [-0.25, -0.2) is 4.98 Å². The monoisotopic (exact) mass is 339 g/mol. The molecule has 0 atom stereocenters. The van der Waals surface area contributed by atoms with Crippen LogP contribution in [-0.4, -0.2) is 33.3 Å². The molecule has 106 valence electrons. The Morgan fingerprint density at radius 3 is 2.85 bits per heavy atom. The SMILES string of the molecule is CC1(C)CCN(C(=O)c2nc3ccc(Br)cn3c2F)C1. The summed E-state index contributed by atoms with van der Waals surface area (Å²) in [6.45, 7) is 5.51. The molecule has 1 aliphatic rings. The Balaban J connectivity index is 1.98. The summed E-state index contributed by atoms with van der Waals surface area (Å²) >= 11 is 3.28. The highest BCUT2D eigenvalue weighted by Gasteiger charge is 2.34. The number of pyridine rings is 1. The molecule has 0 radical (unpaired) electrons. The van der Waals surface area contributed by atoms with E-state index in [-0.39, 0.29) is 17.0 Å². The first-order chi connectivity index (χ1) is 9.37. The molecule has 0 unspecified atom stereocenters. The molecule has 3 heterocycles. The van der Waals surface area contributed by atoms with Crippen molar-refractivity contribution in [1.82, 2.24) is 14.3 Å². The lowest BCUT2D eigenvalue weighted by molar-refractivity contribution is 0.0768. The van der Waals surface area contributed by atoms with Gasteiger partial charge in [0.15, 0.2) is 5.69 Å². The Hall–Kier alpha value is -1.43. The summed E-state index contributed by atoms with van der Waals surface area (Å²) in [6, 6.07) is 3.45. The van der Waals surface area contributed by atoms with Crippen LogP contribution in [0, 0.1) is 11.4 Å². The van der Waals surface area contributed by atoms with Crippen LogP contribution in [0.3, 0.4) is 0 Å². The Labute approximate surface area is 124 Å². The van der Waals surface area contributed by atoms with E-state index < -0.39 is 5.95 Å². The second-order valence-corrected chi connectivity index (χ2v) is 6.88. The summed E-state index contributed by atoms with van der Waals surface area (Å²) in [5, 5.41) is 0. The van der Waals surface area contributed by atoms with Gasteiger partial charge in [-0.15, -0.1) is 0 Å². The van der Waals surface area contributed by atoms with Gasteiger partial charge in [0.25, 0.3) is 5.91 Å². The minimum Gasteiger partial charge on any atom is -0.337 e. The topological polar surface area (TPSA) is 37.6 Å². The van der Waals surface area contributed by atoms with Gasteiger partial charge in [0.05, 0.1) is 0 Å². The molecule has 4 nitrogen and oxygen atoms in total. The number of hydrogen-bond donors (Lipinski definition) is 0. The van der Waals surface area contributed by atoms with Crippen molar-refractivity contribution in [1.29, 1.82) is 0 Å². The second kappa shape index (κ2) is 4.55. The summed E-state index contributed by atoms with van der Waals surface area (Å²) < 4.78 is 16.4. The number of nitrogens with zero attached hydrogens (tertiary/aromatic N) is 3. The van der Waals surface area contributed by atoms with Crippen LogP contribution in [0.5, 0.6) is 0 Å². The highest BCUT2D eigenvalue weighted by Crippen LogP contribution is 2.30. The van der Waals surface area contributed by atoms with Crippen molar-refractivity contribution < 1.29 is 9.18 Å². The van der Waals surface area contributed by atoms with Gasteiger partial charge in [-0.3, -0.25) is 9.20 Å². The highest BCUT2D eigenvalue weighted by molar-refractivity contribution is 9.10. The van der Waals surface area contributed by atoms with E-state index in [9.17, 15) is 9.18 Å². The van der Waals surface area contributed by atoms with Gasteiger partial charge in [-0.1, -0.05) is 13.8 Å². The number of carbonyl (C=O) groups is 1. The summed E-state index contributed by atoms with van der Waals surface area (Å²) in [4.78, 5) is 18.2. The van der Waals surface area contributed by atoms with E-state index in [0.29, 0.717) is 18.7 Å². The molecule has 1 saturated heterocycles. The zero-order chi connectivity index (χ0) is 14.5. The maximum Gasteiger partial charge on any atom is 0.277 e. The van der Waals surface area contributed by atoms with Gasteiger partial charge < -0.3 is 4.90 Å². The lowest BCUT2D eigenvalue weighted by Crippen LogP contribution is -2.31. The fourth-order valence-corrected chi connectivity index (χ4v) is 2.90. The molecule has 0 bridgehead atoms. The van der Waals surface area contributed by atoms with Gasteiger partial charge >= 0.3 is 0 Å². The molecule has 0 aromatic carbocycles. The van der Waals surface area contributed by atoms with Gasteiger partial charge in [0, 0.05) is 23.8 Å². The third-order valence-electron chi connectivity index (χ3n) is 3.69. The van der Waals surface area contributed by atoms with E-state index in [1.807, 2.05) is 0 Å². The average molecular weight is 340 g/mol. The maximum absolute atomic E-state index is 14.3. The summed E-state index contributed by atoms with van der Waals surface area (Å²) in [5.74, 6) is -0.927. The molecule has 20 heavy (non-hydrogen) atoms. The van der Waals surface area contributed by atoms with Gasteiger partial charge in [0.2, 0.25) is 5.95 Å². The fourth-order valence-electron chi connectivity index (χ4n) is 2.56. The molecule has 0 spiro atoms. The molecule has 0 aliphatic carbocycles. The maximum atomic E-state index is 14.3. The largest absolute Gasteiger partial charge is 0.337 e. The average Bonchev–Trinajstić information content (AvgIpc) is 2.90. The lowest BCUT2D eigenvalue weighted by atomic mass is 9.93. The molecule has 1 fully saturated rings. The normalized spacial score (nSPS) is 17.9. The van der Waals surface area contributed by atoms with Crippen LogP contribution in [0.2, 0.25) is 0 Å². The Morgan fingerprint density at radius 1 is 1.45 bits per heavy atom. The van der Waals surface area contributed by atoms with E-state index in [1.54, 1.807) is 23.2 Å². The quantitative estimate of drug-likeness (QED) is 0.800. The van der Waals surface area contributed by atoms with Crippen molar-refractivity contribution in [3.8, 4) is 0 Å². The zero-order valence-electron chi connectivity index (χ0n) is 11.4. The van der Waals surface area contributed by atoms with Crippen molar-refractivity contribution in [2.24, 2.45) is 5.41 Å². The van der Waals surface area contributed by atoms with E-state index in [1.165, 1.54) is 4.40 Å². The first kappa shape index (κ1) is 13.5. The van der Waals surface area contributed by atoms with Crippen molar-refractivity contribution in [2.45, 2.75) is 20.3 Å². The number of imidazole rings is 1.